The Labute approximate surface area is 109 Å². The average molecular weight is 263 g/mol. The summed E-state index contributed by atoms with van der Waals surface area (Å²) in [4.78, 5) is 15.7. The van der Waals surface area contributed by atoms with E-state index in [1.54, 1.807) is 31.5 Å². The highest BCUT2D eigenvalue weighted by molar-refractivity contribution is 5.71. The van der Waals surface area contributed by atoms with Crippen LogP contribution in [0.3, 0.4) is 0 Å². The van der Waals surface area contributed by atoms with E-state index < -0.39 is 5.97 Å². The SMILES string of the molecule is CCOC(=O)COc1cc(-c2ccncc2)n(O)n1. The van der Waals surface area contributed by atoms with Crippen LogP contribution in [0.5, 0.6) is 5.88 Å². The van der Waals surface area contributed by atoms with E-state index in [1.807, 2.05) is 0 Å². The quantitative estimate of drug-likeness (QED) is 0.642. The second-order valence-electron chi connectivity index (χ2n) is 3.59. The first kappa shape index (κ1) is 12.9. The smallest absolute Gasteiger partial charge is 0.344 e. The highest BCUT2D eigenvalue weighted by Crippen LogP contribution is 2.22. The Kier molecular flexibility index (Phi) is 3.97. The van der Waals surface area contributed by atoms with Crippen LogP contribution >= 0.6 is 0 Å². The maximum Gasteiger partial charge on any atom is 0.344 e. The zero-order valence-corrected chi connectivity index (χ0v) is 10.3. The van der Waals surface area contributed by atoms with Gasteiger partial charge >= 0.3 is 5.97 Å². The number of esters is 1. The second-order valence-corrected chi connectivity index (χ2v) is 3.59. The summed E-state index contributed by atoms with van der Waals surface area (Å²) in [6.45, 7) is 1.75. The molecule has 0 atom stereocenters. The Hall–Kier alpha value is -2.57. The van der Waals surface area contributed by atoms with E-state index >= 15 is 0 Å². The molecule has 19 heavy (non-hydrogen) atoms. The molecule has 0 saturated heterocycles. The molecule has 0 radical (unpaired) electrons. The van der Waals surface area contributed by atoms with Crippen LogP contribution in [0.1, 0.15) is 6.92 Å². The number of ether oxygens (including phenoxy) is 2. The van der Waals surface area contributed by atoms with Crippen molar-refractivity contribution in [3.8, 4) is 17.1 Å². The summed E-state index contributed by atoms with van der Waals surface area (Å²) < 4.78 is 9.84. The van der Waals surface area contributed by atoms with Gasteiger partial charge in [0.05, 0.1) is 6.61 Å². The molecule has 7 nitrogen and oxygen atoms in total. The van der Waals surface area contributed by atoms with Gasteiger partial charge in [-0.2, -0.15) is 0 Å². The summed E-state index contributed by atoms with van der Waals surface area (Å²) >= 11 is 0. The maximum absolute atomic E-state index is 11.1. The molecule has 2 aromatic heterocycles. The van der Waals surface area contributed by atoms with Gasteiger partial charge in [-0.15, -0.1) is 0 Å². The largest absolute Gasteiger partial charge is 0.464 e. The van der Waals surface area contributed by atoms with Gasteiger partial charge in [-0.3, -0.25) is 4.98 Å². The van der Waals surface area contributed by atoms with E-state index in [2.05, 4.69) is 10.1 Å². The molecular weight excluding hydrogens is 250 g/mol. The zero-order chi connectivity index (χ0) is 13.7. The molecule has 2 aromatic rings. The maximum atomic E-state index is 11.1. The first-order valence-corrected chi connectivity index (χ1v) is 5.69. The van der Waals surface area contributed by atoms with Crippen molar-refractivity contribution in [1.29, 1.82) is 0 Å². The van der Waals surface area contributed by atoms with E-state index in [-0.39, 0.29) is 12.5 Å². The van der Waals surface area contributed by atoms with Gasteiger partial charge < -0.3 is 14.7 Å². The van der Waals surface area contributed by atoms with Crippen LogP contribution < -0.4 is 4.74 Å². The van der Waals surface area contributed by atoms with Crippen molar-refractivity contribution in [2.24, 2.45) is 0 Å². The van der Waals surface area contributed by atoms with E-state index in [4.69, 9.17) is 9.47 Å². The Morgan fingerprint density at radius 1 is 1.42 bits per heavy atom. The predicted molar refractivity (Wildman–Crippen MR) is 64.8 cm³/mol. The molecule has 0 aliphatic heterocycles. The number of nitrogens with zero attached hydrogens (tertiary/aromatic N) is 3. The predicted octanol–water partition coefficient (Wildman–Crippen LogP) is 1.12. The topological polar surface area (TPSA) is 86.5 Å². The summed E-state index contributed by atoms with van der Waals surface area (Å²) in [5.41, 5.74) is 1.18. The van der Waals surface area contributed by atoms with E-state index in [1.165, 1.54) is 6.07 Å². The molecule has 0 aromatic carbocycles. The fourth-order valence-electron chi connectivity index (χ4n) is 1.48. The van der Waals surface area contributed by atoms with Crippen molar-refractivity contribution in [3.05, 3.63) is 30.6 Å². The van der Waals surface area contributed by atoms with Crippen LogP contribution in [0, 0.1) is 0 Å². The summed E-state index contributed by atoms with van der Waals surface area (Å²) in [5.74, 6) is -0.345. The molecule has 7 heteroatoms. The number of aromatic nitrogens is 3. The fraction of sp³-hybridized carbons (Fsp3) is 0.250. The van der Waals surface area contributed by atoms with Crippen molar-refractivity contribution < 1.29 is 19.5 Å². The molecule has 0 aliphatic rings. The van der Waals surface area contributed by atoms with E-state index in [0.29, 0.717) is 17.1 Å². The third-order valence-corrected chi connectivity index (χ3v) is 2.29. The number of carbonyl (C=O) groups excluding carboxylic acids is 1. The first-order chi connectivity index (χ1) is 9.20. The molecule has 1 N–H and O–H groups in total. The lowest BCUT2D eigenvalue weighted by Crippen LogP contribution is -2.14. The Bertz CT molecular complexity index is 553. The third-order valence-electron chi connectivity index (χ3n) is 2.29. The van der Waals surface area contributed by atoms with Crippen molar-refractivity contribution >= 4 is 5.97 Å². The molecule has 0 fully saturated rings. The summed E-state index contributed by atoms with van der Waals surface area (Å²) in [5, 5.41) is 13.4. The van der Waals surface area contributed by atoms with Crippen LogP contribution in [-0.2, 0) is 9.53 Å². The lowest BCUT2D eigenvalue weighted by molar-refractivity contribution is -0.145. The molecule has 0 aliphatic carbocycles. The molecule has 0 saturated carbocycles. The van der Waals surface area contributed by atoms with Crippen molar-refractivity contribution in [2.75, 3.05) is 13.2 Å². The monoisotopic (exact) mass is 263 g/mol. The van der Waals surface area contributed by atoms with Crippen molar-refractivity contribution in [1.82, 2.24) is 14.9 Å². The molecule has 2 rings (SSSR count). The third kappa shape index (κ3) is 3.21. The minimum absolute atomic E-state index is 0.141. The zero-order valence-electron chi connectivity index (χ0n) is 10.3. The molecule has 100 valence electrons. The standard InChI is InChI=1S/C12H13N3O4/c1-2-18-12(16)8-19-11-7-10(15(17)14-11)9-3-5-13-6-4-9/h3-7,17H,2,8H2,1H3. The number of pyridine rings is 1. The van der Waals surface area contributed by atoms with Gasteiger partial charge in [-0.1, -0.05) is 9.94 Å². The lowest BCUT2D eigenvalue weighted by Gasteiger charge is -2.01. The van der Waals surface area contributed by atoms with Gasteiger partial charge in [0, 0.05) is 24.0 Å². The molecule has 0 unspecified atom stereocenters. The van der Waals surface area contributed by atoms with Crippen LogP contribution in [0.2, 0.25) is 0 Å². The van der Waals surface area contributed by atoms with E-state index in [0.717, 1.165) is 5.56 Å². The Morgan fingerprint density at radius 3 is 2.84 bits per heavy atom. The van der Waals surface area contributed by atoms with Gasteiger partial charge in [-0.05, 0) is 19.1 Å². The molecule has 0 amide bonds. The van der Waals surface area contributed by atoms with Gasteiger partial charge in [0.1, 0.15) is 5.69 Å². The molecule has 0 bridgehead atoms. The fourth-order valence-corrected chi connectivity index (χ4v) is 1.48. The summed E-state index contributed by atoms with van der Waals surface area (Å²) in [6.07, 6.45) is 3.20. The highest BCUT2D eigenvalue weighted by atomic mass is 16.6. The first-order valence-electron chi connectivity index (χ1n) is 5.69. The van der Waals surface area contributed by atoms with Crippen LogP contribution in [0.4, 0.5) is 0 Å². The molecule has 2 heterocycles. The average Bonchev–Trinajstić information content (AvgIpc) is 2.79. The minimum atomic E-state index is -0.486. The van der Waals surface area contributed by atoms with Gasteiger partial charge in [0.15, 0.2) is 6.61 Å². The van der Waals surface area contributed by atoms with Crippen LogP contribution in [-0.4, -0.2) is 39.3 Å². The van der Waals surface area contributed by atoms with Crippen LogP contribution in [0.15, 0.2) is 30.6 Å². The number of hydrogen-bond acceptors (Lipinski definition) is 6. The number of carbonyl (C=O) groups is 1. The van der Waals surface area contributed by atoms with Crippen molar-refractivity contribution in [2.45, 2.75) is 6.92 Å². The van der Waals surface area contributed by atoms with Crippen LogP contribution in [0.25, 0.3) is 11.3 Å². The second kappa shape index (κ2) is 5.85. The van der Waals surface area contributed by atoms with Crippen molar-refractivity contribution in [3.63, 3.8) is 0 Å². The lowest BCUT2D eigenvalue weighted by atomic mass is 10.2. The number of hydrogen-bond donors (Lipinski definition) is 1. The summed E-state index contributed by atoms with van der Waals surface area (Å²) in [7, 11) is 0. The number of rotatable bonds is 5. The minimum Gasteiger partial charge on any atom is -0.464 e. The highest BCUT2D eigenvalue weighted by Gasteiger charge is 2.11. The molecular formula is C12H13N3O4. The van der Waals surface area contributed by atoms with E-state index in [9.17, 15) is 10.0 Å². The Morgan fingerprint density at radius 2 is 2.16 bits per heavy atom. The summed E-state index contributed by atoms with van der Waals surface area (Å²) in [6, 6.07) is 4.96. The Balaban J connectivity index is 2.07. The normalized spacial score (nSPS) is 10.2. The van der Waals surface area contributed by atoms with Gasteiger partial charge in [-0.25, -0.2) is 4.79 Å². The van der Waals surface area contributed by atoms with Gasteiger partial charge in [0.25, 0.3) is 0 Å². The molecule has 0 spiro atoms. The van der Waals surface area contributed by atoms with Gasteiger partial charge in [0.2, 0.25) is 5.88 Å².